The van der Waals surface area contributed by atoms with Crippen molar-refractivity contribution in [2.45, 2.75) is 39.0 Å². The summed E-state index contributed by atoms with van der Waals surface area (Å²) in [4.78, 5) is 2.56. The first-order chi connectivity index (χ1) is 9.20. The monoisotopic (exact) mass is 260 g/mol. The number of anilines is 1. The Labute approximate surface area is 118 Å². The number of nitrogens with one attached hydrogen (secondary N) is 1. The molecule has 1 aromatic rings. The summed E-state index contributed by atoms with van der Waals surface area (Å²) in [7, 11) is 2.05. The molecule has 2 rings (SSSR count). The van der Waals surface area contributed by atoms with Crippen molar-refractivity contribution >= 4 is 5.69 Å². The predicted octanol–water partition coefficient (Wildman–Crippen LogP) is 3.64. The van der Waals surface area contributed by atoms with Crippen LogP contribution in [0, 0.1) is 5.92 Å². The van der Waals surface area contributed by atoms with Gasteiger partial charge in [0.25, 0.3) is 0 Å². The molecule has 0 bridgehead atoms. The van der Waals surface area contributed by atoms with Crippen molar-refractivity contribution in [3.8, 4) is 0 Å². The molecule has 1 aliphatic rings. The Balaban J connectivity index is 1.96. The molecule has 0 spiro atoms. The molecule has 0 saturated carbocycles. The normalized spacial score (nSPS) is 20.0. The SMILES string of the molecule is CNCCC1CCCN(c2ccc(C(C)C)cc2)C1. The Morgan fingerprint density at radius 3 is 2.63 bits per heavy atom. The van der Waals surface area contributed by atoms with Gasteiger partial charge in [0.05, 0.1) is 0 Å². The number of rotatable bonds is 5. The molecule has 1 aliphatic heterocycles. The van der Waals surface area contributed by atoms with E-state index in [-0.39, 0.29) is 0 Å². The molecule has 1 fully saturated rings. The van der Waals surface area contributed by atoms with E-state index in [1.165, 1.54) is 43.6 Å². The molecule has 0 aliphatic carbocycles. The first kappa shape index (κ1) is 14.4. The third-order valence-electron chi connectivity index (χ3n) is 4.25. The molecular formula is C17H28N2. The summed E-state index contributed by atoms with van der Waals surface area (Å²) in [6.07, 6.45) is 4.03. The quantitative estimate of drug-likeness (QED) is 0.869. The molecule has 0 amide bonds. The van der Waals surface area contributed by atoms with Crippen LogP contribution in [-0.2, 0) is 0 Å². The fourth-order valence-electron chi connectivity index (χ4n) is 2.95. The van der Waals surface area contributed by atoms with Crippen LogP contribution in [0.1, 0.15) is 44.6 Å². The lowest BCUT2D eigenvalue weighted by molar-refractivity contribution is 0.387. The third-order valence-corrected chi connectivity index (χ3v) is 4.25. The van der Waals surface area contributed by atoms with Gasteiger partial charge in [0, 0.05) is 18.8 Å². The number of hydrogen-bond acceptors (Lipinski definition) is 2. The minimum Gasteiger partial charge on any atom is -0.371 e. The minimum atomic E-state index is 0.624. The number of nitrogens with zero attached hydrogens (tertiary/aromatic N) is 1. The maximum Gasteiger partial charge on any atom is 0.0366 e. The van der Waals surface area contributed by atoms with E-state index in [1.54, 1.807) is 0 Å². The summed E-state index contributed by atoms with van der Waals surface area (Å²) in [6.45, 7) is 8.10. The first-order valence-corrected chi connectivity index (χ1v) is 7.70. The molecule has 1 saturated heterocycles. The molecule has 1 atom stereocenters. The maximum absolute atomic E-state index is 3.27. The van der Waals surface area contributed by atoms with Crippen molar-refractivity contribution in [1.29, 1.82) is 0 Å². The van der Waals surface area contributed by atoms with E-state index in [4.69, 9.17) is 0 Å². The van der Waals surface area contributed by atoms with Crippen LogP contribution in [0.15, 0.2) is 24.3 Å². The van der Waals surface area contributed by atoms with Crippen molar-refractivity contribution < 1.29 is 0 Å². The lowest BCUT2D eigenvalue weighted by Gasteiger charge is -2.34. The van der Waals surface area contributed by atoms with Gasteiger partial charge in [-0.25, -0.2) is 0 Å². The van der Waals surface area contributed by atoms with Crippen LogP contribution in [0.25, 0.3) is 0 Å². The molecular weight excluding hydrogens is 232 g/mol. The molecule has 2 nitrogen and oxygen atoms in total. The number of hydrogen-bond donors (Lipinski definition) is 1. The predicted molar refractivity (Wildman–Crippen MR) is 84.0 cm³/mol. The van der Waals surface area contributed by atoms with Crippen LogP contribution in [-0.4, -0.2) is 26.7 Å². The van der Waals surface area contributed by atoms with Crippen LogP contribution < -0.4 is 10.2 Å². The second-order valence-corrected chi connectivity index (χ2v) is 6.09. The zero-order chi connectivity index (χ0) is 13.7. The highest BCUT2D eigenvalue weighted by atomic mass is 15.1. The van der Waals surface area contributed by atoms with Crippen LogP contribution in [0.3, 0.4) is 0 Å². The number of piperidine rings is 1. The molecule has 0 aromatic heterocycles. The summed E-state index contributed by atoms with van der Waals surface area (Å²) in [5.41, 5.74) is 2.84. The van der Waals surface area contributed by atoms with Crippen molar-refractivity contribution in [2.24, 2.45) is 5.92 Å². The van der Waals surface area contributed by atoms with E-state index < -0.39 is 0 Å². The Bertz CT molecular complexity index is 369. The highest BCUT2D eigenvalue weighted by molar-refractivity contribution is 5.48. The Morgan fingerprint density at radius 2 is 2.00 bits per heavy atom. The fraction of sp³-hybridized carbons (Fsp3) is 0.647. The van der Waals surface area contributed by atoms with E-state index in [0.29, 0.717) is 5.92 Å². The molecule has 0 radical (unpaired) electrons. The Hall–Kier alpha value is -1.02. The lowest BCUT2D eigenvalue weighted by Crippen LogP contribution is -2.36. The Kier molecular flexibility index (Phi) is 5.26. The zero-order valence-electron chi connectivity index (χ0n) is 12.7. The lowest BCUT2D eigenvalue weighted by atomic mass is 9.94. The van der Waals surface area contributed by atoms with Gasteiger partial charge in [0.2, 0.25) is 0 Å². The summed E-state index contributed by atoms with van der Waals surface area (Å²) >= 11 is 0. The van der Waals surface area contributed by atoms with Gasteiger partial charge < -0.3 is 10.2 Å². The number of benzene rings is 1. The van der Waals surface area contributed by atoms with Gasteiger partial charge in [0.15, 0.2) is 0 Å². The molecule has 106 valence electrons. The largest absolute Gasteiger partial charge is 0.371 e. The molecule has 1 unspecified atom stereocenters. The summed E-state index contributed by atoms with van der Waals surface area (Å²) in [6, 6.07) is 9.18. The van der Waals surface area contributed by atoms with Crippen molar-refractivity contribution in [3.63, 3.8) is 0 Å². The van der Waals surface area contributed by atoms with Gasteiger partial charge >= 0.3 is 0 Å². The zero-order valence-corrected chi connectivity index (χ0v) is 12.7. The molecule has 1 N–H and O–H groups in total. The van der Waals surface area contributed by atoms with Crippen LogP contribution in [0.5, 0.6) is 0 Å². The molecule has 1 aromatic carbocycles. The van der Waals surface area contributed by atoms with E-state index in [0.717, 1.165) is 12.5 Å². The van der Waals surface area contributed by atoms with Gasteiger partial charge in [-0.3, -0.25) is 0 Å². The molecule has 19 heavy (non-hydrogen) atoms. The smallest absolute Gasteiger partial charge is 0.0366 e. The molecule has 2 heteroatoms. The van der Waals surface area contributed by atoms with E-state index in [1.807, 2.05) is 7.05 Å². The van der Waals surface area contributed by atoms with Gasteiger partial charge in [-0.05, 0) is 62.4 Å². The van der Waals surface area contributed by atoms with Crippen LogP contribution in [0.2, 0.25) is 0 Å². The van der Waals surface area contributed by atoms with E-state index in [2.05, 4.69) is 48.3 Å². The van der Waals surface area contributed by atoms with Gasteiger partial charge in [-0.15, -0.1) is 0 Å². The summed E-state index contributed by atoms with van der Waals surface area (Å²) in [5.74, 6) is 1.48. The fourth-order valence-corrected chi connectivity index (χ4v) is 2.95. The molecule has 1 heterocycles. The van der Waals surface area contributed by atoms with Crippen molar-refractivity contribution in [2.75, 3.05) is 31.6 Å². The van der Waals surface area contributed by atoms with Gasteiger partial charge in [0.1, 0.15) is 0 Å². The maximum atomic E-state index is 3.27. The van der Waals surface area contributed by atoms with Crippen LogP contribution in [0.4, 0.5) is 5.69 Å². The highest BCUT2D eigenvalue weighted by Crippen LogP contribution is 2.26. The first-order valence-electron chi connectivity index (χ1n) is 7.70. The van der Waals surface area contributed by atoms with Crippen molar-refractivity contribution in [3.05, 3.63) is 29.8 Å². The van der Waals surface area contributed by atoms with E-state index >= 15 is 0 Å². The Morgan fingerprint density at radius 1 is 1.26 bits per heavy atom. The second kappa shape index (κ2) is 6.95. The standard InChI is InChI=1S/C17H28N2/c1-14(2)16-6-8-17(9-7-16)19-12-4-5-15(13-19)10-11-18-3/h6-9,14-15,18H,4-5,10-13H2,1-3H3. The third kappa shape index (κ3) is 3.97. The van der Waals surface area contributed by atoms with Crippen LogP contribution >= 0.6 is 0 Å². The topological polar surface area (TPSA) is 15.3 Å². The highest BCUT2D eigenvalue weighted by Gasteiger charge is 2.19. The van der Waals surface area contributed by atoms with E-state index in [9.17, 15) is 0 Å². The van der Waals surface area contributed by atoms with Crippen molar-refractivity contribution in [1.82, 2.24) is 5.32 Å². The minimum absolute atomic E-state index is 0.624. The second-order valence-electron chi connectivity index (χ2n) is 6.09. The average molecular weight is 260 g/mol. The average Bonchev–Trinajstić information content (AvgIpc) is 2.45. The van der Waals surface area contributed by atoms with Gasteiger partial charge in [-0.2, -0.15) is 0 Å². The summed E-state index contributed by atoms with van der Waals surface area (Å²) < 4.78 is 0. The summed E-state index contributed by atoms with van der Waals surface area (Å²) in [5, 5.41) is 3.27. The van der Waals surface area contributed by atoms with Gasteiger partial charge in [-0.1, -0.05) is 26.0 Å².